The van der Waals surface area contributed by atoms with Crippen molar-refractivity contribution in [2.75, 3.05) is 20.3 Å². The van der Waals surface area contributed by atoms with E-state index in [4.69, 9.17) is 4.74 Å². The van der Waals surface area contributed by atoms with Crippen LogP contribution in [0.15, 0.2) is 36.5 Å². The molecule has 0 unspecified atom stereocenters. The number of ether oxygens (including phenoxy) is 1. The van der Waals surface area contributed by atoms with Gasteiger partial charge >= 0.3 is 0 Å². The van der Waals surface area contributed by atoms with Gasteiger partial charge in [-0.2, -0.15) is 5.10 Å². The Hall–Kier alpha value is -2.25. The molecule has 7 heteroatoms. The summed E-state index contributed by atoms with van der Waals surface area (Å²) >= 11 is 0. The zero-order valence-corrected chi connectivity index (χ0v) is 14.3. The zero-order chi connectivity index (χ0) is 17.6. The lowest BCUT2D eigenvalue weighted by Crippen LogP contribution is -2.43. The third-order valence-corrected chi connectivity index (χ3v) is 4.50. The first-order chi connectivity index (χ1) is 12.2. The van der Waals surface area contributed by atoms with E-state index in [9.17, 15) is 9.18 Å². The Bertz CT molecular complexity index is 719. The van der Waals surface area contributed by atoms with Crippen LogP contribution in [0.4, 0.5) is 4.39 Å². The summed E-state index contributed by atoms with van der Waals surface area (Å²) in [5.74, 6) is -0.349. The van der Waals surface area contributed by atoms with Gasteiger partial charge in [-0.3, -0.25) is 14.4 Å². The summed E-state index contributed by atoms with van der Waals surface area (Å²) in [6, 6.07) is 8.90. The number of halogens is 1. The largest absolute Gasteiger partial charge is 0.375 e. The number of carbonyl (C=O) groups excluding carboxylic acids is 1. The zero-order valence-electron chi connectivity index (χ0n) is 14.3. The molecule has 2 aromatic rings. The van der Waals surface area contributed by atoms with Crippen LogP contribution in [0.3, 0.4) is 0 Å². The Kier molecular flexibility index (Phi) is 5.78. The molecular weight excluding hydrogens is 323 g/mol. The quantitative estimate of drug-likeness (QED) is 0.862. The van der Waals surface area contributed by atoms with Gasteiger partial charge in [0.2, 0.25) is 5.91 Å². The molecule has 3 rings (SSSR count). The number of carbonyl (C=O) groups is 1. The fraction of sp³-hybridized carbons (Fsp3) is 0.444. The summed E-state index contributed by atoms with van der Waals surface area (Å²) < 4.78 is 20.9. The highest BCUT2D eigenvalue weighted by Gasteiger charge is 2.25. The van der Waals surface area contributed by atoms with E-state index in [-0.39, 0.29) is 24.4 Å². The Labute approximate surface area is 146 Å². The van der Waals surface area contributed by atoms with Crippen molar-refractivity contribution in [3.8, 4) is 0 Å². The lowest BCUT2D eigenvalue weighted by Gasteiger charge is -2.30. The molecule has 0 saturated carbocycles. The Balaban J connectivity index is 1.75. The van der Waals surface area contributed by atoms with Crippen molar-refractivity contribution in [2.24, 2.45) is 0 Å². The van der Waals surface area contributed by atoms with Crippen LogP contribution >= 0.6 is 0 Å². The molecule has 0 fully saturated rings. The van der Waals surface area contributed by atoms with Gasteiger partial charge in [0, 0.05) is 51.1 Å². The van der Waals surface area contributed by atoms with Gasteiger partial charge in [-0.1, -0.05) is 18.2 Å². The second kappa shape index (κ2) is 8.22. The summed E-state index contributed by atoms with van der Waals surface area (Å²) in [6.07, 6.45) is 2.62. The SMILES string of the molecule is COCC(=O)NC[C@@H]1CCn2nccc2CN1Cc1ccccc1F. The second-order valence-corrected chi connectivity index (χ2v) is 6.22. The van der Waals surface area contributed by atoms with E-state index < -0.39 is 0 Å². The maximum absolute atomic E-state index is 14.1. The van der Waals surface area contributed by atoms with E-state index >= 15 is 0 Å². The predicted molar refractivity (Wildman–Crippen MR) is 91.2 cm³/mol. The van der Waals surface area contributed by atoms with Gasteiger partial charge in [-0.25, -0.2) is 4.39 Å². The van der Waals surface area contributed by atoms with E-state index in [1.165, 1.54) is 13.2 Å². The highest BCUT2D eigenvalue weighted by Crippen LogP contribution is 2.20. The van der Waals surface area contributed by atoms with E-state index in [0.717, 1.165) is 18.7 Å². The van der Waals surface area contributed by atoms with Gasteiger partial charge in [0.1, 0.15) is 12.4 Å². The summed E-state index contributed by atoms with van der Waals surface area (Å²) in [6.45, 7) is 2.48. The number of aromatic nitrogens is 2. The molecule has 1 atom stereocenters. The molecule has 1 aliphatic rings. The van der Waals surface area contributed by atoms with Gasteiger partial charge in [-0.05, 0) is 18.6 Å². The van der Waals surface area contributed by atoms with Crippen molar-refractivity contribution in [1.29, 1.82) is 0 Å². The third-order valence-electron chi connectivity index (χ3n) is 4.50. The van der Waals surface area contributed by atoms with E-state index in [1.807, 2.05) is 16.8 Å². The highest BCUT2D eigenvalue weighted by atomic mass is 19.1. The van der Waals surface area contributed by atoms with Crippen molar-refractivity contribution in [3.63, 3.8) is 0 Å². The number of fused-ring (bicyclic) bond motifs is 1. The van der Waals surface area contributed by atoms with Crippen molar-refractivity contribution in [2.45, 2.75) is 32.1 Å². The monoisotopic (exact) mass is 346 g/mol. The molecule has 25 heavy (non-hydrogen) atoms. The van der Waals surface area contributed by atoms with Crippen molar-refractivity contribution >= 4 is 5.91 Å². The molecule has 0 bridgehead atoms. The van der Waals surface area contributed by atoms with Crippen LogP contribution in [0.25, 0.3) is 0 Å². The molecule has 1 aromatic heterocycles. The number of nitrogens with one attached hydrogen (secondary N) is 1. The van der Waals surface area contributed by atoms with Crippen LogP contribution in [-0.4, -0.2) is 46.9 Å². The molecule has 0 aliphatic carbocycles. The lowest BCUT2D eigenvalue weighted by molar-refractivity contribution is -0.125. The smallest absolute Gasteiger partial charge is 0.246 e. The molecule has 2 heterocycles. The summed E-state index contributed by atoms with van der Waals surface area (Å²) in [5, 5.41) is 7.24. The fourth-order valence-electron chi connectivity index (χ4n) is 3.16. The van der Waals surface area contributed by atoms with Crippen LogP contribution in [0.5, 0.6) is 0 Å². The molecule has 0 saturated heterocycles. The van der Waals surface area contributed by atoms with Crippen LogP contribution in [-0.2, 0) is 29.2 Å². The maximum Gasteiger partial charge on any atom is 0.246 e. The number of methoxy groups -OCH3 is 1. The number of nitrogens with zero attached hydrogens (tertiary/aromatic N) is 3. The van der Waals surface area contributed by atoms with Crippen LogP contribution in [0, 0.1) is 5.82 Å². The van der Waals surface area contributed by atoms with Gasteiger partial charge in [0.25, 0.3) is 0 Å². The van der Waals surface area contributed by atoms with Crippen molar-refractivity contribution < 1.29 is 13.9 Å². The lowest BCUT2D eigenvalue weighted by atomic mass is 10.1. The topological polar surface area (TPSA) is 59.4 Å². The first-order valence-electron chi connectivity index (χ1n) is 8.41. The number of hydrogen-bond donors (Lipinski definition) is 1. The minimum atomic E-state index is -0.206. The standard InChI is InChI=1S/C18H23FN4O2/c1-25-13-18(24)20-10-15-7-9-23-16(6-8-21-23)12-22(15)11-14-4-2-3-5-17(14)19/h2-6,8,15H,7,9-13H2,1H3,(H,20,24)/t15-/m0/s1. The molecular formula is C18H23FN4O2. The number of hydrogen-bond acceptors (Lipinski definition) is 4. The van der Waals surface area contributed by atoms with E-state index in [1.54, 1.807) is 18.3 Å². The number of amides is 1. The first kappa shape index (κ1) is 17.6. The molecule has 1 N–H and O–H groups in total. The molecule has 1 aromatic carbocycles. The Morgan fingerprint density at radius 2 is 2.24 bits per heavy atom. The van der Waals surface area contributed by atoms with Crippen molar-refractivity contribution in [3.05, 3.63) is 53.6 Å². The Morgan fingerprint density at radius 3 is 3.04 bits per heavy atom. The van der Waals surface area contributed by atoms with Gasteiger partial charge in [0.15, 0.2) is 0 Å². The van der Waals surface area contributed by atoms with Crippen molar-refractivity contribution in [1.82, 2.24) is 20.0 Å². The summed E-state index contributed by atoms with van der Waals surface area (Å²) in [7, 11) is 1.49. The average Bonchev–Trinajstić information content (AvgIpc) is 2.97. The molecule has 0 radical (unpaired) electrons. The molecule has 6 nitrogen and oxygen atoms in total. The minimum Gasteiger partial charge on any atom is -0.375 e. The third kappa shape index (κ3) is 4.43. The maximum atomic E-state index is 14.1. The van der Waals surface area contributed by atoms with Gasteiger partial charge in [0.05, 0.1) is 5.69 Å². The number of benzene rings is 1. The first-order valence-corrected chi connectivity index (χ1v) is 8.41. The van der Waals surface area contributed by atoms with Gasteiger partial charge < -0.3 is 10.1 Å². The van der Waals surface area contributed by atoms with Crippen LogP contribution in [0.1, 0.15) is 17.7 Å². The molecule has 1 amide bonds. The van der Waals surface area contributed by atoms with Crippen LogP contribution < -0.4 is 5.32 Å². The van der Waals surface area contributed by atoms with E-state index in [2.05, 4.69) is 15.3 Å². The van der Waals surface area contributed by atoms with Gasteiger partial charge in [-0.15, -0.1) is 0 Å². The molecule has 0 spiro atoms. The second-order valence-electron chi connectivity index (χ2n) is 6.22. The fourth-order valence-corrected chi connectivity index (χ4v) is 3.16. The molecule has 134 valence electrons. The predicted octanol–water partition coefficient (Wildman–Crippen LogP) is 1.56. The average molecular weight is 346 g/mol. The van der Waals surface area contributed by atoms with E-state index in [0.29, 0.717) is 25.2 Å². The Morgan fingerprint density at radius 1 is 1.40 bits per heavy atom. The summed E-state index contributed by atoms with van der Waals surface area (Å²) in [4.78, 5) is 13.9. The normalized spacial score (nSPS) is 17.8. The highest BCUT2D eigenvalue weighted by molar-refractivity contribution is 5.77. The molecule has 1 aliphatic heterocycles. The number of rotatable bonds is 6. The van der Waals surface area contributed by atoms with Crippen LogP contribution in [0.2, 0.25) is 0 Å². The number of aryl methyl sites for hydroxylation is 1. The summed E-state index contributed by atoms with van der Waals surface area (Å²) in [5.41, 5.74) is 1.76. The minimum absolute atomic E-state index is 0.0433.